The number of nitrogens with one attached hydrogen (secondary N) is 1. The van der Waals surface area contributed by atoms with Crippen LogP contribution in [0.15, 0.2) is 18.2 Å². The third-order valence-electron chi connectivity index (χ3n) is 3.27. The minimum Gasteiger partial charge on any atom is -0.369 e. The maximum absolute atomic E-state index is 9.13. The van der Waals surface area contributed by atoms with Gasteiger partial charge < -0.3 is 10.2 Å². The molecule has 0 bridgehead atoms. The van der Waals surface area contributed by atoms with Gasteiger partial charge in [-0.1, -0.05) is 12.1 Å². The summed E-state index contributed by atoms with van der Waals surface area (Å²) >= 11 is 0. The van der Waals surface area contributed by atoms with E-state index in [0.29, 0.717) is 6.04 Å². The molecule has 0 spiro atoms. The Morgan fingerprint density at radius 3 is 2.94 bits per heavy atom. The molecule has 3 heteroatoms. The van der Waals surface area contributed by atoms with Crippen LogP contribution in [0.2, 0.25) is 0 Å². The lowest BCUT2D eigenvalue weighted by Gasteiger charge is -2.22. The topological polar surface area (TPSA) is 39.1 Å². The molecule has 0 amide bonds. The average molecular weight is 215 g/mol. The highest BCUT2D eigenvalue weighted by Gasteiger charge is 2.23. The molecule has 2 rings (SSSR count). The van der Waals surface area contributed by atoms with Crippen LogP contribution in [-0.2, 0) is 0 Å². The van der Waals surface area contributed by atoms with E-state index in [9.17, 15) is 0 Å². The Kier molecular flexibility index (Phi) is 3.12. The first kappa shape index (κ1) is 11.0. The number of hydrogen-bond acceptors (Lipinski definition) is 3. The number of rotatable bonds is 2. The molecule has 3 nitrogen and oxygen atoms in total. The fourth-order valence-electron chi connectivity index (χ4n) is 2.37. The Labute approximate surface area is 96.7 Å². The van der Waals surface area contributed by atoms with E-state index in [1.54, 1.807) is 0 Å². The lowest BCUT2D eigenvalue weighted by atomic mass is 10.1. The second-order valence-electron chi connectivity index (χ2n) is 4.30. The van der Waals surface area contributed by atoms with E-state index in [-0.39, 0.29) is 0 Å². The molecular weight excluding hydrogens is 198 g/mol. The van der Waals surface area contributed by atoms with Gasteiger partial charge in [0.25, 0.3) is 0 Å². The van der Waals surface area contributed by atoms with E-state index in [2.05, 4.69) is 29.3 Å². The predicted octanol–water partition coefficient (Wildman–Crippen LogP) is 1.66. The van der Waals surface area contributed by atoms with Crippen LogP contribution in [0.3, 0.4) is 0 Å². The van der Waals surface area contributed by atoms with Crippen molar-refractivity contribution in [3.8, 4) is 6.07 Å². The van der Waals surface area contributed by atoms with Crippen molar-refractivity contribution < 1.29 is 0 Å². The Bertz CT molecular complexity index is 420. The molecule has 1 fully saturated rings. The molecule has 1 saturated heterocycles. The number of aryl methyl sites for hydroxylation is 1. The van der Waals surface area contributed by atoms with Crippen LogP contribution < -0.4 is 10.2 Å². The first-order chi connectivity index (χ1) is 7.76. The van der Waals surface area contributed by atoms with Crippen molar-refractivity contribution in [2.45, 2.75) is 19.4 Å². The van der Waals surface area contributed by atoms with Gasteiger partial charge >= 0.3 is 0 Å². The summed E-state index contributed by atoms with van der Waals surface area (Å²) < 4.78 is 0. The Hall–Kier alpha value is -1.53. The number of benzene rings is 1. The van der Waals surface area contributed by atoms with Gasteiger partial charge in [0, 0.05) is 19.1 Å². The predicted molar refractivity (Wildman–Crippen MR) is 65.6 cm³/mol. The van der Waals surface area contributed by atoms with Gasteiger partial charge in [0.1, 0.15) is 6.07 Å². The molecule has 1 aromatic rings. The maximum Gasteiger partial charge on any atom is 0.101 e. The fraction of sp³-hybridized carbons (Fsp3) is 0.462. The average Bonchev–Trinajstić information content (AvgIpc) is 2.76. The fourth-order valence-corrected chi connectivity index (χ4v) is 2.37. The summed E-state index contributed by atoms with van der Waals surface area (Å²) in [5, 5.41) is 12.4. The SMILES string of the molecule is CNC1CCN(c2c(C)cccc2C#N)C1. The van der Waals surface area contributed by atoms with Gasteiger partial charge in [0.15, 0.2) is 0 Å². The maximum atomic E-state index is 9.13. The van der Waals surface area contributed by atoms with Gasteiger partial charge in [-0.2, -0.15) is 5.26 Å². The van der Waals surface area contributed by atoms with Crippen molar-refractivity contribution in [3.63, 3.8) is 0 Å². The van der Waals surface area contributed by atoms with Crippen LogP contribution in [0.25, 0.3) is 0 Å². The molecule has 0 radical (unpaired) electrons. The second-order valence-corrected chi connectivity index (χ2v) is 4.30. The van der Waals surface area contributed by atoms with Gasteiger partial charge in [-0.05, 0) is 32.0 Å². The standard InChI is InChI=1S/C13H17N3/c1-10-4-3-5-11(8-14)13(10)16-7-6-12(9-16)15-2/h3-5,12,15H,6-7,9H2,1-2H3. The highest BCUT2D eigenvalue weighted by molar-refractivity contribution is 5.64. The van der Waals surface area contributed by atoms with E-state index in [1.165, 1.54) is 5.56 Å². The summed E-state index contributed by atoms with van der Waals surface area (Å²) in [6, 6.07) is 8.75. The highest BCUT2D eigenvalue weighted by Crippen LogP contribution is 2.27. The minimum absolute atomic E-state index is 0.547. The molecule has 84 valence electrons. The van der Waals surface area contributed by atoms with Crippen molar-refractivity contribution in [3.05, 3.63) is 29.3 Å². The van der Waals surface area contributed by atoms with E-state index >= 15 is 0 Å². The lowest BCUT2D eigenvalue weighted by Crippen LogP contribution is -2.30. The molecule has 1 aromatic carbocycles. The summed E-state index contributed by atoms with van der Waals surface area (Å²) in [6.45, 7) is 4.10. The molecule has 1 N–H and O–H groups in total. The van der Waals surface area contributed by atoms with Crippen molar-refractivity contribution in [1.29, 1.82) is 5.26 Å². The zero-order valence-corrected chi connectivity index (χ0v) is 9.83. The normalized spacial score (nSPS) is 19.8. The first-order valence-electron chi connectivity index (χ1n) is 5.68. The summed E-state index contributed by atoms with van der Waals surface area (Å²) in [6.07, 6.45) is 1.15. The molecule has 0 aliphatic carbocycles. The lowest BCUT2D eigenvalue weighted by molar-refractivity contribution is 0.617. The second kappa shape index (κ2) is 4.54. The number of para-hydroxylation sites is 1. The van der Waals surface area contributed by atoms with Crippen molar-refractivity contribution >= 4 is 5.69 Å². The van der Waals surface area contributed by atoms with Crippen LogP contribution in [-0.4, -0.2) is 26.2 Å². The third kappa shape index (κ3) is 1.89. The largest absolute Gasteiger partial charge is 0.369 e. The molecule has 1 aliphatic rings. The molecular formula is C13H17N3. The number of likely N-dealkylation sites (N-methyl/N-ethyl adjacent to an activating group) is 1. The first-order valence-corrected chi connectivity index (χ1v) is 5.68. The molecule has 16 heavy (non-hydrogen) atoms. The van der Waals surface area contributed by atoms with E-state index in [4.69, 9.17) is 5.26 Å². The molecule has 0 saturated carbocycles. The van der Waals surface area contributed by atoms with Gasteiger partial charge in [-0.15, -0.1) is 0 Å². The van der Waals surface area contributed by atoms with Crippen LogP contribution in [0.5, 0.6) is 0 Å². The molecule has 1 atom stereocenters. The number of nitrogens with zero attached hydrogens (tertiary/aromatic N) is 2. The van der Waals surface area contributed by atoms with Crippen molar-refractivity contribution in [1.82, 2.24) is 5.32 Å². The van der Waals surface area contributed by atoms with Crippen LogP contribution in [0.1, 0.15) is 17.5 Å². The zero-order valence-electron chi connectivity index (χ0n) is 9.83. The summed E-state index contributed by atoms with van der Waals surface area (Å²) in [5.41, 5.74) is 3.09. The van der Waals surface area contributed by atoms with Gasteiger partial charge in [0.2, 0.25) is 0 Å². The van der Waals surface area contributed by atoms with Crippen LogP contribution >= 0.6 is 0 Å². The quantitative estimate of drug-likeness (QED) is 0.815. The van der Waals surface area contributed by atoms with Gasteiger partial charge in [-0.3, -0.25) is 0 Å². The Morgan fingerprint density at radius 1 is 1.50 bits per heavy atom. The summed E-state index contributed by atoms with van der Waals surface area (Å²) in [7, 11) is 2.00. The van der Waals surface area contributed by atoms with Gasteiger partial charge in [0.05, 0.1) is 11.3 Å². The Balaban J connectivity index is 2.31. The monoisotopic (exact) mass is 215 g/mol. The van der Waals surface area contributed by atoms with Crippen molar-refractivity contribution in [2.75, 3.05) is 25.0 Å². The Morgan fingerprint density at radius 2 is 2.31 bits per heavy atom. The smallest absolute Gasteiger partial charge is 0.101 e. The molecule has 1 heterocycles. The minimum atomic E-state index is 0.547. The zero-order chi connectivity index (χ0) is 11.5. The van der Waals surface area contributed by atoms with Crippen LogP contribution in [0, 0.1) is 18.3 Å². The summed E-state index contributed by atoms with van der Waals surface area (Å²) in [5.74, 6) is 0. The molecule has 0 aromatic heterocycles. The van der Waals surface area contributed by atoms with E-state index in [1.807, 2.05) is 19.2 Å². The number of hydrogen-bond donors (Lipinski definition) is 1. The third-order valence-corrected chi connectivity index (χ3v) is 3.27. The van der Waals surface area contributed by atoms with E-state index in [0.717, 1.165) is 30.8 Å². The summed E-state index contributed by atoms with van der Waals surface area (Å²) in [4.78, 5) is 2.31. The highest BCUT2D eigenvalue weighted by atomic mass is 15.2. The van der Waals surface area contributed by atoms with Crippen molar-refractivity contribution in [2.24, 2.45) is 0 Å². The van der Waals surface area contributed by atoms with E-state index < -0.39 is 0 Å². The van der Waals surface area contributed by atoms with Crippen LogP contribution in [0.4, 0.5) is 5.69 Å². The number of anilines is 1. The molecule has 1 aliphatic heterocycles. The number of nitriles is 1. The molecule has 1 unspecified atom stereocenters. The van der Waals surface area contributed by atoms with Gasteiger partial charge in [-0.25, -0.2) is 0 Å².